The fourth-order valence-corrected chi connectivity index (χ4v) is 5.47. The maximum absolute atomic E-state index is 13.2. The summed E-state index contributed by atoms with van der Waals surface area (Å²) in [5, 5.41) is 0.878. The molecule has 1 amide bonds. The lowest BCUT2D eigenvalue weighted by Gasteiger charge is -2.22. The van der Waals surface area contributed by atoms with Crippen molar-refractivity contribution in [3.63, 3.8) is 0 Å². The molecule has 3 heterocycles. The van der Waals surface area contributed by atoms with Gasteiger partial charge < -0.3 is 14.2 Å². The van der Waals surface area contributed by atoms with Crippen LogP contribution in [-0.2, 0) is 22.5 Å². The molecule has 5 nitrogen and oxygen atoms in total. The number of fused-ring (bicyclic) bond motifs is 1. The second-order valence-electron chi connectivity index (χ2n) is 8.27. The van der Waals surface area contributed by atoms with E-state index in [4.69, 9.17) is 9.72 Å². The van der Waals surface area contributed by atoms with Gasteiger partial charge in [-0.25, -0.2) is 4.98 Å². The number of aromatic nitrogens is 2. The van der Waals surface area contributed by atoms with Crippen LogP contribution in [0.4, 0.5) is 5.69 Å². The smallest absolute Gasteiger partial charge is 0.237 e. The van der Waals surface area contributed by atoms with Crippen LogP contribution in [0, 0.1) is 0 Å². The summed E-state index contributed by atoms with van der Waals surface area (Å²) in [5.74, 6) is 0.505. The third kappa shape index (κ3) is 4.14. The van der Waals surface area contributed by atoms with Gasteiger partial charge >= 0.3 is 0 Å². The van der Waals surface area contributed by atoms with Crippen molar-refractivity contribution >= 4 is 23.4 Å². The van der Waals surface area contributed by atoms with E-state index in [-0.39, 0.29) is 18.1 Å². The van der Waals surface area contributed by atoms with Gasteiger partial charge in [-0.1, -0.05) is 60.3 Å². The van der Waals surface area contributed by atoms with Crippen LogP contribution >= 0.6 is 11.8 Å². The Morgan fingerprint density at radius 3 is 2.77 bits per heavy atom. The number of hydrogen-bond acceptors (Lipinski definition) is 4. The number of benzene rings is 2. The van der Waals surface area contributed by atoms with Gasteiger partial charge in [0, 0.05) is 18.3 Å². The minimum atomic E-state index is 0.135. The SMILES string of the molecule is C[C@H]1Cc2ccccc2N1C(=O)CSc1ncc(-c2ccccc2)n1C[C@@H]1CCCO1. The molecule has 0 saturated carbocycles. The Morgan fingerprint density at radius 1 is 1.16 bits per heavy atom. The number of carbonyl (C=O) groups is 1. The second-order valence-corrected chi connectivity index (χ2v) is 9.21. The number of carbonyl (C=O) groups excluding carboxylic acids is 1. The number of hydrogen-bond donors (Lipinski definition) is 0. The van der Waals surface area contributed by atoms with Crippen molar-refractivity contribution in [1.29, 1.82) is 0 Å². The van der Waals surface area contributed by atoms with Gasteiger partial charge in [-0.15, -0.1) is 0 Å². The van der Waals surface area contributed by atoms with Crippen molar-refractivity contribution in [2.75, 3.05) is 17.3 Å². The molecule has 6 heteroatoms. The first-order chi connectivity index (χ1) is 15.2. The zero-order chi connectivity index (χ0) is 21.2. The van der Waals surface area contributed by atoms with Gasteiger partial charge in [0.25, 0.3) is 0 Å². The largest absolute Gasteiger partial charge is 0.376 e. The van der Waals surface area contributed by atoms with Crippen LogP contribution in [0.1, 0.15) is 25.3 Å². The van der Waals surface area contributed by atoms with E-state index in [9.17, 15) is 4.79 Å². The highest BCUT2D eigenvalue weighted by atomic mass is 32.2. The number of imidazole rings is 1. The fourth-order valence-electron chi connectivity index (χ4n) is 4.62. The van der Waals surface area contributed by atoms with Crippen LogP contribution in [0.2, 0.25) is 0 Å². The maximum Gasteiger partial charge on any atom is 0.237 e. The Morgan fingerprint density at radius 2 is 1.97 bits per heavy atom. The minimum absolute atomic E-state index is 0.135. The Bertz CT molecular complexity index is 1060. The lowest BCUT2D eigenvalue weighted by Crippen LogP contribution is -2.37. The molecule has 3 aromatic rings. The molecular formula is C25H27N3O2S. The summed E-state index contributed by atoms with van der Waals surface area (Å²) in [6, 6.07) is 18.7. The standard InChI is InChI=1S/C25H27N3O2S/c1-18-14-20-10-5-6-12-22(20)28(18)24(29)17-31-25-26-15-23(19-8-3-2-4-9-19)27(25)16-21-11-7-13-30-21/h2-6,8-10,12,15,18,21H,7,11,13-14,16-17H2,1H3/t18-,21-/m0/s1. The molecular weight excluding hydrogens is 406 g/mol. The number of amides is 1. The molecule has 0 spiro atoms. The molecule has 31 heavy (non-hydrogen) atoms. The van der Waals surface area contributed by atoms with E-state index in [2.05, 4.69) is 29.7 Å². The maximum atomic E-state index is 13.2. The van der Waals surface area contributed by atoms with Gasteiger partial charge in [-0.05, 0) is 43.4 Å². The molecule has 0 unspecified atom stereocenters. The number of nitrogens with zero attached hydrogens (tertiary/aromatic N) is 3. The summed E-state index contributed by atoms with van der Waals surface area (Å²) in [6.45, 7) is 3.71. The molecule has 160 valence electrons. The predicted octanol–water partition coefficient (Wildman–Crippen LogP) is 4.80. The number of thioether (sulfide) groups is 1. The summed E-state index contributed by atoms with van der Waals surface area (Å²) in [4.78, 5) is 19.8. The number of anilines is 1. The molecule has 0 N–H and O–H groups in total. The summed E-state index contributed by atoms with van der Waals surface area (Å²) in [6.07, 6.45) is 5.21. The number of rotatable bonds is 6. The van der Waals surface area contributed by atoms with E-state index in [1.54, 1.807) is 0 Å². The van der Waals surface area contributed by atoms with Gasteiger partial charge in [0.1, 0.15) is 0 Å². The summed E-state index contributed by atoms with van der Waals surface area (Å²) >= 11 is 1.52. The molecule has 2 aliphatic rings. The molecule has 1 saturated heterocycles. The van der Waals surface area contributed by atoms with E-state index >= 15 is 0 Å². The van der Waals surface area contributed by atoms with Crippen molar-refractivity contribution in [3.8, 4) is 11.3 Å². The average molecular weight is 434 g/mol. The zero-order valence-electron chi connectivity index (χ0n) is 17.7. The van der Waals surface area contributed by atoms with Crippen LogP contribution in [0.3, 0.4) is 0 Å². The quantitative estimate of drug-likeness (QED) is 0.524. The van der Waals surface area contributed by atoms with E-state index in [0.717, 1.165) is 54.5 Å². The van der Waals surface area contributed by atoms with Crippen LogP contribution in [0.25, 0.3) is 11.3 Å². The average Bonchev–Trinajstić information content (AvgIpc) is 3.51. The highest BCUT2D eigenvalue weighted by Crippen LogP contribution is 2.33. The molecule has 5 rings (SSSR count). The zero-order valence-corrected chi connectivity index (χ0v) is 18.6. The van der Waals surface area contributed by atoms with Crippen molar-refractivity contribution in [2.24, 2.45) is 0 Å². The van der Waals surface area contributed by atoms with Gasteiger partial charge in [-0.2, -0.15) is 0 Å². The van der Waals surface area contributed by atoms with E-state index in [1.165, 1.54) is 17.3 Å². The highest BCUT2D eigenvalue weighted by molar-refractivity contribution is 7.99. The molecule has 1 aromatic heterocycles. The van der Waals surface area contributed by atoms with Gasteiger partial charge in [0.2, 0.25) is 5.91 Å². The topological polar surface area (TPSA) is 47.4 Å². The summed E-state index contributed by atoms with van der Waals surface area (Å²) in [7, 11) is 0. The van der Waals surface area contributed by atoms with Crippen molar-refractivity contribution < 1.29 is 9.53 Å². The van der Waals surface area contributed by atoms with Gasteiger partial charge in [0.15, 0.2) is 5.16 Å². The fraction of sp³-hybridized carbons (Fsp3) is 0.360. The van der Waals surface area contributed by atoms with E-state index in [0.29, 0.717) is 5.75 Å². The van der Waals surface area contributed by atoms with Crippen molar-refractivity contribution in [3.05, 3.63) is 66.4 Å². The van der Waals surface area contributed by atoms with Gasteiger partial charge in [0.05, 0.1) is 30.3 Å². The van der Waals surface area contributed by atoms with Crippen LogP contribution in [-0.4, -0.2) is 40.0 Å². The van der Waals surface area contributed by atoms with Crippen molar-refractivity contribution in [2.45, 2.75) is 50.0 Å². The molecule has 2 atom stereocenters. The normalized spacial score (nSPS) is 20.2. The molecule has 0 radical (unpaired) electrons. The third-order valence-electron chi connectivity index (χ3n) is 6.10. The molecule has 2 aromatic carbocycles. The minimum Gasteiger partial charge on any atom is -0.376 e. The van der Waals surface area contributed by atoms with E-state index < -0.39 is 0 Å². The van der Waals surface area contributed by atoms with Crippen LogP contribution < -0.4 is 4.90 Å². The summed E-state index contributed by atoms with van der Waals surface area (Å²) in [5.41, 5.74) is 4.51. The predicted molar refractivity (Wildman–Crippen MR) is 124 cm³/mol. The lowest BCUT2D eigenvalue weighted by molar-refractivity contribution is -0.116. The molecule has 2 aliphatic heterocycles. The Balaban J connectivity index is 1.36. The molecule has 1 fully saturated rings. The van der Waals surface area contributed by atoms with Crippen LogP contribution in [0.15, 0.2) is 66.0 Å². The highest BCUT2D eigenvalue weighted by Gasteiger charge is 2.31. The first-order valence-electron chi connectivity index (χ1n) is 11.0. The van der Waals surface area contributed by atoms with Crippen molar-refractivity contribution in [1.82, 2.24) is 9.55 Å². The first-order valence-corrected chi connectivity index (χ1v) is 11.9. The molecule has 0 bridgehead atoms. The Labute approximate surface area is 187 Å². The van der Waals surface area contributed by atoms with E-state index in [1.807, 2.05) is 47.5 Å². The second kappa shape index (κ2) is 8.89. The van der Waals surface area contributed by atoms with Gasteiger partial charge in [-0.3, -0.25) is 4.79 Å². The lowest BCUT2D eigenvalue weighted by atomic mass is 10.1. The van der Waals surface area contributed by atoms with Crippen LogP contribution in [0.5, 0.6) is 0 Å². The monoisotopic (exact) mass is 433 g/mol. The summed E-state index contributed by atoms with van der Waals surface area (Å²) < 4.78 is 8.13. The third-order valence-corrected chi connectivity index (χ3v) is 7.07. The molecule has 0 aliphatic carbocycles. The first kappa shape index (κ1) is 20.3. The Hall–Kier alpha value is -2.57. The Kier molecular flexibility index (Phi) is 5.83. The number of para-hydroxylation sites is 1. The number of ether oxygens (including phenoxy) is 1.